The summed E-state index contributed by atoms with van der Waals surface area (Å²) in [5.41, 5.74) is 0.363. The van der Waals surface area contributed by atoms with Crippen LogP contribution < -0.4 is 5.01 Å². The molecule has 26 heavy (non-hydrogen) atoms. The van der Waals surface area contributed by atoms with Gasteiger partial charge in [0.15, 0.2) is 5.78 Å². The molecule has 2 aromatic rings. The zero-order valence-electron chi connectivity index (χ0n) is 14.5. The van der Waals surface area contributed by atoms with Crippen LogP contribution in [0.5, 0.6) is 0 Å². The molecule has 2 aromatic carbocycles. The molecule has 0 spiro atoms. The molecule has 1 aliphatic rings. The number of hydrogen-bond acceptors (Lipinski definition) is 4. The van der Waals surface area contributed by atoms with Crippen LogP contribution in [0, 0.1) is 11.6 Å². The lowest BCUT2D eigenvalue weighted by atomic mass is 9.72. The molecule has 1 atom stereocenters. The fraction of sp³-hybridized carbons (Fsp3) is 0.300. The monoisotopic (exact) mass is 358 g/mol. The standard InChI is InChI=1S/C20H20F2N2O2/c1-14(26)19-20(10-5-11-25,15-6-3-2-4-7-15)13-24(23-19)18-12-16(21)8-9-17(18)22/h2-4,6-9,12,25H,5,10-11,13H2,1H3. The van der Waals surface area contributed by atoms with Gasteiger partial charge < -0.3 is 5.11 Å². The van der Waals surface area contributed by atoms with Crippen LogP contribution in [0.25, 0.3) is 0 Å². The average Bonchev–Trinajstić information content (AvgIpc) is 3.04. The van der Waals surface area contributed by atoms with E-state index in [-0.39, 0.29) is 24.6 Å². The number of ketones is 1. The molecule has 1 N–H and O–H groups in total. The van der Waals surface area contributed by atoms with Gasteiger partial charge in [0.2, 0.25) is 0 Å². The number of rotatable bonds is 6. The van der Waals surface area contributed by atoms with Gasteiger partial charge in [0, 0.05) is 19.6 Å². The van der Waals surface area contributed by atoms with E-state index in [1.165, 1.54) is 11.9 Å². The molecule has 0 saturated heterocycles. The molecule has 6 heteroatoms. The topological polar surface area (TPSA) is 52.9 Å². The van der Waals surface area contributed by atoms with Crippen LogP contribution in [-0.4, -0.2) is 29.8 Å². The second kappa shape index (κ2) is 7.33. The van der Waals surface area contributed by atoms with Gasteiger partial charge in [-0.2, -0.15) is 5.10 Å². The van der Waals surface area contributed by atoms with Crippen molar-refractivity contribution in [1.82, 2.24) is 0 Å². The Morgan fingerprint density at radius 1 is 1.23 bits per heavy atom. The summed E-state index contributed by atoms with van der Waals surface area (Å²) in [5.74, 6) is -1.41. The number of aliphatic hydroxyl groups is 1. The van der Waals surface area contributed by atoms with Crippen molar-refractivity contribution >= 4 is 17.2 Å². The normalized spacial score (nSPS) is 19.5. The van der Waals surface area contributed by atoms with Crippen LogP contribution in [-0.2, 0) is 10.2 Å². The largest absolute Gasteiger partial charge is 0.396 e. The van der Waals surface area contributed by atoms with Crippen molar-refractivity contribution in [3.63, 3.8) is 0 Å². The van der Waals surface area contributed by atoms with E-state index < -0.39 is 17.0 Å². The van der Waals surface area contributed by atoms with Gasteiger partial charge in [-0.3, -0.25) is 9.80 Å². The number of nitrogens with zero attached hydrogens (tertiary/aromatic N) is 2. The summed E-state index contributed by atoms with van der Waals surface area (Å²) in [6.07, 6.45) is 0.931. The Morgan fingerprint density at radius 3 is 2.62 bits per heavy atom. The van der Waals surface area contributed by atoms with E-state index in [0.717, 1.165) is 23.8 Å². The van der Waals surface area contributed by atoms with Crippen LogP contribution in [0.15, 0.2) is 53.6 Å². The fourth-order valence-corrected chi connectivity index (χ4v) is 3.52. The Hall–Kier alpha value is -2.60. The molecule has 136 valence electrons. The summed E-state index contributed by atoms with van der Waals surface area (Å²) >= 11 is 0. The van der Waals surface area contributed by atoms with Crippen molar-refractivity contribution in [1.29, 1.82) is 0 Å². The summed E-state index contributed by atoms with van der Waals surface area (Å²) in [6.45, 7) is 1.58. The highest BCUT2D eigenvalue weighted by atomic mass is 19.1. The molecule has 4 nitrogen and oxygen atoms in total. The molecule has 0 amide bonds. The third kappa shape index (κ3) is 3.24. The summed E-state index contributed by atoms with van der Waals surface area (Å²) in [6, 6.07) is 12.5. The maximum atomic E-state index is 14.3. The summed E-state index contributed by atoms with van der Waals surface area (Å²) in [5, 5.41) is 15.0. The van der Waals surface area contributed by atoms with E-state index in [9.17, 15) is 18.7 Å². The van der Waals surface area contributed by atoms with E-state index in [1.807, 2.05) is 30.3 Å². The van der Waals surface area contributed by atoms with Crippen molar-refractivity contribution < 1.29 is 18.7 Å². The third-order valence-corrected chi connectivity index (χ3v) is 4.70. The smallest absolute Gasteiger partial charge is 0.176 e. The quantitative estimate of drug-likeness (QED) is 0.861. The highest BCUT2D eigenvalue weighted by molar-refractivity contribution is 6.43. The predicted octanol–water partition coefficient (Wildman–Crippen LogP) is 3.44. The van der Waals surface area contributed by atoms with Crippen molar-refractivity contribution in [3.8, 4) is 0 Å². The van der Waals surface area contributed by atoms with Gasteiger partial charge in [-0.1, -0.05) is 30.3 Å². The molecule has 0 fully saturated rings. The van der Waals surface area contributed by atoms with Gasteiger partial charge in [-0.05, 0) is 30.5 Å². The number of halogens is 2. The predicted molar refractivity (Wildman–Crippen MR) is 96.3 cm³/mol. The number of Topliss-reactive ketones (excluding diaryl/α,β-unsaturated/α-hetero) is 1. The molecule has 0 aliphatic carbocycles. The van der Waals surface area contributed by atoms with E-state index in [4.69, 9.17) is 0 Å². The lowest BCUT2D eigenvalue weighted by molar-refractivity contribution is -0.111. The van der Waals surface area contributed by atoms with Gasteiger partial charge in [-0.15, -0.1) is 0 Å². The number of hydrogen-bond donors (Lipinski definition) is 1. The van der Waals surface area contributed by atoms with Crippen molar-refractivity contribution in [2.75, 3.05) is 18.2 Å². The Morgan fingerprint density at radius 2 is 1.96 bits per heavy atom. The van der Waals surface area contributed by atoms with E-state index in [2.05, 4.69) is 5.10 Å². The molecule has 0 radical (unpaired) electrons. The molecular formula is C20H20F2N2O2. The zero-order valence-corrected chi connectivity index (χ0v) is 14.5. The fourth-order valence-electron chi connectivity index (χ4n) is 3.52. The van der Waals surface area contributed by atoms with Crippen molar-refractivity contribution in [2.24, 2.45) is 5.10 Å². The Labute approximate surface area is 150 Å². The summed E-state index contributed by atoms with van der Waals surface area (Å²) in [7, 11) is 0. The first kappa shape index (κ1) is 18.2. The van der Waals surface area contributed by atoms with Crippen LogP contribution in [0.2, 0.25) is 0 Å². The average molecular weight is 358 g/mol. The SMILES string of the molecule is CC(=O)C1=NN(c2cc(F)ccc2F)CC1(CCCO)c1ccccc1. The zero-order chi connectivity index (χ0) is 18.7. The number of hydrazone groups is 1. The Kier molecular flexibility index (Phi) is 5.13. The van der Waals surface area contributed by atoms with Gasteiger partial charge >= 0.3 is 0 Å². The van der Waals surface area contributed by atoms with Gasteiger partial charge in [0.25, 0.3) is 0 Å². The second-order valence-corrected chi connectivity index (χ2v) is 6.43. The number of carbonyl (C=O) groups is 1. The number of anilines is 1. The highest BCUT2D eigenvalue weighted by Gasteiger charge is 2.46. The lowest BCUT2D eigenvalue weighted by Crippen LogP contribution is -2.41. The number of benzene rings is 2. The minimum Gasteiger partial charge on any atom is -0.396 e. The van der Waals surface area contributed by atoms with E-state index in [0.29, 0.717) is 18.6 Å². The molecule has 0 saturated carbocycles. The first-order valence-corrected chi connectivity index (χ1v) is 8.47. The minimum absolute atomic E-state index is 0.00875. The van der Waals surface area contributed by atoms with Crippen molar-refractivity contribution in [2.45, 2.75) is 25.2 Å². The first-order chi connectivity index (χ1) is 12.5. The highest BCUT2D eigenvalue weighted by Crippen LogP contribution is 2.39. The van der Waals surface area contributed by atoms with Crippen LogP contribution in [0.1, 0.15) is 25.3 Å². The second-order valence-electron chi connectivity index (χ2n) is 6.43. The van der Waals surface area contributed by atoms with E-state index in [1.54, 1.807) is 0 Å². The summed E-state index contributed by atoms with van der Waals surface area (Å²) < 4.78 is 27.9. The minimum atomic E-state index is -0.783. The molecule has 0 bridgehead atoms. The molecule has 0 aromatic heterocycles. The third-order valence-electron chi connectivity index (χ3n) is 4.70. The first-order valence-electron chi connectivity index (χ1n) is 8.47. The van der Waals surface area contributed by atoms with Crippen LogP contribution in [0.3, 0.4) is 0 Å². The number of aliphatic hydroxyl groups excluding tert-OH is 1. The van der Waals surface area contributed by atoms with Gasteiger partial charge in [0.1, 0.15) is 17.3 Å². The van der Waals surface area contributed by atoms with E-state index >= 15 is 0 Å². The molecule has 1 heterocycles. The molecule has 3 rings (SSSR count). The number of carbonyl (C=O) groups excluding carboxylic acids is 1. The summed E-state index contributed by atoms with van der Waals surface area (Å²) in [4.78, 5) is 12.3. The maximum Gasteiger partial charge on any atom is 0.176 e. The Bertz CT molecular complexity index is 839. The molecule has 1 unspecified atom stereocenters. The Balaban J connectivity index is 2.11. The van der Waals surface area contributed by atoms with Crippen LogP contribution >= 0.6 is 0 Å². The van der Waals surface area contributed by atoms with Crippen LogP contribution in [0.4, 0.5) is 14.5 Å². The van der Waals surface area contributed by atoms with Gasteiger partial charge in [-0.25, -0.2) is 8.78 Å². The molecule has 1 aliphatic heterocycles. The lowest BCUT2D eigenvalue weighted by Gasteiger charge is -2.31. The van der Waals surface area contributed by atoms with Gasteiger partial charge in [0.05, 0.1) is 17.6 Å². The molecular weight excluding hydrogens is 338 g/mol. The van der Waals surface area contributed by atoms with Crippen molar-refractivity contribution in [3.05, 3.63) is 65.7 Å². The maximum absolute atomic E-state index is 14.3.